The number of carbonyl (C=O) groups excluding carboxylic acids is 6. The SMILES string of the molecule is O=C1CCC(N2C(=O)c3ccc(C(=O)NCC4CCC(CNC(=O)Nc5cccc6ccncc56)CC4)cc3C2=O)C(=O)N1. The molecule has 1 atom stereocenters. The predicted octanol–water partition coefficient (Wildman–Crippen LogP) is 2.99. The summed E-state index contributed by atoms with van der Waals surface area (Å²) in [6.07, 6.45) is 7.20. The van der Waals surface area contributed by atoms with Gasteiger partial charge in [0.15, 0.2) is 0 Å². The molecule has 3 aromatic rings. The van der Waals surface area contributed by atoms with E-state index >= 15 is 0 Å². The van der Waals surface area contributed by atoms with Crippen molar-refractivity contribution in [2.45, 2.75) is 44.6 Å². The van der Waals surface area contributed by atoms with Gasteiger partial charge in [0.05, 0.1) is 16.8 Å². The third-order valence-corrected chi connectivity index (χ3v) is 8.70. The standard InChI is InChI=1S/C32H32N6O6/c39-27-11-10-26(29(41)37-27)38-30(42)22-9-8-21(14-23(22)31(38)43)28(40)34-15-18-4-6-19(7-5-18)16-35-32(44)36-25-3-1-2-20-12-13-33-17-24(20)25/h1-3,8-9,12-14,17-19,26H,4-7,10-11,15-16H2,(H,34,40)(H2,35,36,44)(H,37,39,41). The zero-order chi connectivity index (χ0) is 30.8. The van der Waals surface area contributed by atoms with Crippen LogP contribution in [0, 0.1) is 11.8 Å². The molecule has 44 heavy (non-hydrogen) atoms. The first-order valence-corrected chi connectivity index (χ1v) is 14.8. The summed E-state index contributed by atoms with van der Waals surface area (Å²) in [5.41, 5.74) is 1.16. The van der Waals surface area contributed by atoms with E-state index in [4.69, 9.17) is 0 Å². The van der Waals surface area contributed by atoms with Crippen LogP contribution in [0.4, 0.5) is 10.5 Å². The van der Waals surface area contributed by atoms with E-state index in [1.807, 2.05) is 24.3 Å². The summed E-state index contributed by atoms with van der Waals surface area (Å²) in [6.45, 7) is 1.03. The smallest absolute Gasteiger partial charge is 0.319 e. The molecule has 0 spiro atoms. The maximum atomic E-state index is 13.1. The molecule has 3 aliphatic rings. The van der Waals surface area contributed by atoms with Crippen LogP contribution < -0.4 is 21.3 Å². The first kappa shape index (κ1) is 29.0. The van der Waals surface area contributed by atoms with Gasteiger partial charge in [0.1, 0.15) is 6.04 Å². The third kappa shape index (κ3) is 5.87. The normalized spacial score (nSPS) is 21.5. The van der Waals surface area contributed by atoms with E-state index in [-0.39, 0.29) is 47.4 Å². The van der Waals surface area contributed by atoms with Crippen LogP contribution >= 0.6 is 0 Å². The van der Waals surface area contributed by atoms with Gasteiger partial charge in [0.25, 0.3) is 17.7 Å². The molecule has 2 fully saturated rings. The summed E-state index contributed by atoms with van der Waals surface area (Å²) in [5, 5.41) is 12.9. The topological polar surface area (TPSA) is 167 Å². The van der Waals surface area contributed by atoms with E-state index in [2.05, 4.69) is 26.3 Å². The second-order valence-corrected chi connectivity index (χ2v) is 11.5. The first-order chi connectivity index (χ1) is 21.3. The van der Waals surface area contributed by atoms with Crippen LogP contribution in [0.5, 0.6) is 0 Å². The Bertz CT molecular complexity index is 1680. The van der Waals surface area contributed by atoms with E-state index < -0.39 is 29.7 Å². The highest BCUT2D eigenvalue weighted by atomic mass is 16.2. The Morgan fingerprint density at radius 2 is 1.59 bits per heavy atom. The minimum atomic E-state index is -1.06. The molecule has 1 saturated heterocycles. The number of anilines is 1. The average Bonchev–Trinajstić information content (AvgIpc) is 3.28. The molecule has 4 N–H and O–H groups in total. The molecule has 12 nitrogen and oxygen atoms in total. The number of pyridine rings is 1. The maximum absolute atomic E-state index is 13.1. The van der Waals surface area contributed by atoms with E-state index in [0.717, 1.165) is 41.4 Å². The number of hydrogen-bond acceptors (Lipinski definition) is 7. The molecular formula is C32H32N6O6. The van der Waals surface area contributed by atoms with Crippen LogP contribution in [0.15, 0.2) is 54.9 Å². The molecule has 7 amide bonds. The zero-order valence-electron chi connectivity index (χ0n) is 23.9. The molecule has 2 aliphatic heterocycles. The van der Waals surface area contributed by atoms with E-state index in [9.17, 15) is 28.8 Å². The summed E-state index contributed by atoms with van der Waals surface area (Å²) in [6, 6.07) is 10.6. The van der Waals surface area contributed by atoms with E-state index in [1.54, 1.807) is 12.4 Å². The minimum Gasteiger partial charge on any atom is -0.352 e. The molecule has 1 unspecified atom stereocenters. The minimum absolute atomic E-state index is 0.0369. The fraction of sp³-hybridized carbons (Fsp3) is 0.344. The van der Waals surface area contributed by atoms with Crippen molar-refractivity contribution < 1.29 is 28.8 Å². The molecule has 0 radical (unpaired) electrons. The third-order valence-electron chi connectivity index (χ3n) is 8.70. The molecule has 1 saturated carbocycles. The highest BCUT2D eigenvalue weighted by Gasteiger charge is 2.44. The van der Waals surface area contributed by atoms with Crippen molar-refractivity contribution in [3.63, 3.8) is 0 Å². The van der Waals surface area contributed by atoms with Crippen molar-refractivity contribution in [1.29, 1.82) is 0 Å². The number of piperidine rings is 1. The molecule has 0 bridgehead atoms. The van der Waals surface area contributed by atoms with Gasteiger partial charge < -0.3 is 16.0 Å². The van der Waals surface area contributed by atoms with Gasteiger partial charge in [0, 0.05) is 42.9 Å². The quantitative estimate of drug-likeness (QED) is 0.304. The van der Waals surface area contributed by atoms with Gasteiger partial charge in [-0.05, 0) is 79.7 Å². The summed E-state index contributed by atoms with van der Waals surface area (Å²) < 4.78 is 0. The Labute approximate surface area is 253 Å². The Balaban J connectivity index is 0.960. The lowest BCUT2D eigenvalue weighted by atomic mass is 9.82. The van der Waals surface area contributed by atoms with Crippen molar-refractivity contribution in [2.24, 2.45) is 11.8 Å². The number of rotatable bonds is 7. The Morgan fingerprint density at radius 3 is 2.34 bits per heavy atom. The molecule has 2 aromatic carbocycles. The van der Waals surface area contributed by atoms with Crippen LogP contribution in [-0.2, 0) is 9.59 Å². The molecule has 3 heterocycles. The van der Waals surface area contributed by atoms with Crippen LogP contribution in [0.1, 0.15) is 69.6 Å². The Hall–Kier alpha value is -5.13. The van der Waals surface area contributed by atoms with Gasteiger partial charge in [-0.2, -0.15) is 0 Å². The number of amides is 7. The molecule has 1 aromatic heterocycles. The van der Waals surface area contributed by atoms with Crippen LogP contribution in [0.2, 0.25) is 0 Å². The maximum Gasteiger partial charge on any atom is 0.319 e. The number of carbonyl (C=O) groups is 6. The lowest BCUT2D eigenvalue weighted by Gasteiger charge is -2.28. The highest BCUT2D eigenvalue weighted by molar-refractivity contribution is 6.24. The van der Waals surface area contributed by atoms with Gasteiger partial charge in [-0.25, -0.2) is 4.79 Å². The van der Waals surface area contributed by atoms with Crippen LogP contribution in [-0.4, -0.2) is 64.6 Å². The van der Waals surface area contributed by atoms with E-state index in [1.165, 1.54) is 18.2 Å². The zero-order valence-corrected chi connectivity index (χ0v) is 23.9. The summed E-state index contributed by atoms with van der Waals surface area (Å²) in [5.74, 6) is -2.10. The lowest BCUT2D eigenvalue weighted by molar-refractivity contribution is -0.136. The number of hydrogen-bond donors (Lipinski definition) is 4. The number of benzene rings is 2. The average molecular weight is 597 g/mol. The second kappa shape index (κ2) is 12.2. The molecular weight excluding hydrogens is 564 g/mol. The Kier molecular flexibility index (Phi) is 8.05. The van der Waals surface area contributed by atoms with Crippen LogP contribution in [0.3, 0.4) is 0 Å². The largest absolute Gasteiger partial charge is 0.352 e. The second-order valence-electron chi connectivity index (χ2n) is 11.5. The van der Waals surface area contributed by atoms with Crippen molar-refractivity contribution in [1.82, 2.24) is 25.8 Å². The number of aromatic nitrogens is 1. The molecule has 6 rings (SSSR count). The van der Waals surface area contributed by atoms with E-state index in [0.29, 0.717) is 24.7 Å². The molecule has 1 aliphatic carbocycles. The fourth-order valence-corrected chi connectivity index (χ4v) is 6.22. The number of imide groups is 2. The first-order valence-electron chi connectivity index (χ1n) is 14.8. The number of fused-ring (bicyclic) bond motifs is 2. The number of nitrogens with one attached hydrogen (secondary N) is 4. The monoisotopic (exact) mass is 596 g/mol. The number of urea groups is 1. The summed E-state index contributed by atoms with van der Waals surface area (Å²) in [7, 11) is 0. The Morgan fingerprint density at radius 1 is 0.864 bits per heavy atom. The van der Waals surface area contributed by atoms with Gasteiger partial charge in [-0.15, -0.1) is 0 Å². The van der Waals surface area contributed by atoms with Gasteiger partial charge in [-0.1, -0.05) is 12.1 Å². The molecule has 12 heteroatoms. The molecule has 226 valence electrons. The highest BCUT2D eigenvalue weighted by Crippen LogP contribution is 2.30. The summed E-state index contributed by atoms with van der Waals surface area (Å²) in [4.78, 5) is 80.2. The van der Waals surface area contributed by atoms with Crippen LogP contribution in [0.25, 0.3) is 10.8 Å². The summed E-state index contributed by atoms with van der Waals surface area (Å²) >= 11 is 0. The lowest BCUT2D eigenvalue weighted by Crippen LogP contribution is -2.54. The number of nitrogens with zero attached hydrogens (tertiary/aromatic N) is 2. The fourth-order valence-electron chi connectivity index (χ4n) is 6.22. The van der Waals surface area contributed by atoms with Gasteiger partial charge >= 0.3 is 6.03 Å². The van der Waals surface area contributed by atoms with Crippen molar-refractivity contribution in [2.75, 3.05) is 18.4 Å². The van der Waals surface area contributed by atoms with Crippen molar-refractivity contribution in [3.05, 3.63) is 71.5 Å². The predicted molar refractivity (Wildman–Crippen MR) is 160 cm³/mol. The van der Waals surface area contributed by atoms with Gasteiger partial charge in [0.2, 0.25) is 11.8 Å². The van der Waals surface area contributed by atoms with Crippen molar-refractivity contribution >= 4 is 52.0 Å². The van der Waals surface area contributed by atoms with Crippen molar-refractivity contribution in [3.8, 4) is 0 Å². The van der Waals surface area contributed by atoms with Gasteiger partial charge in [-0.3, -0.25) is 39.2 Å².